The molecule has 0 aliphatic rings. The van der Waals surface area contributed by atoms with Crippen molar-refractivity contribution in [3.8, 4) is 0 Å². The second-order valence-electron chi connectivity index (χ2n) is 4.76. The molecule has 1 aromatic carbocycles. The van der Waals surface area contributed by atoms with Gasteiger partial charge in [-0.1, -0.05) is 30.3 Å². The van der Waals surface area contributed by atoms with E-state index >= 15 is 0 Å². The number of nitrogens with two attached hydrogens (primary N) is 1. The first-order chi connectivity index (χ1) is 9.68. The second-order valence-corrected chi connectivity index (χ2v) is 4.76. The molecule has 0 unspecified atom stereocenters. The maximum atomic E-state index is 12.2. The molecule has 0 radical (unpaired) electrons. The van der Waals surface area contributed by atoms with Gasteiger partial charge in [0.25, 0.3) is 5.91 Å². The first kappa shape index (κ1) is 14.1. The van der Waals surface area contributed by atoms with Crippen molar-refractivity contribution in [3.63, 3.8) is 0 Å². The Kier molecular flexibility index (Phi) is 4.71. The Morgan fingerprint density at radius 2 is 1.95 bits per heavy atom. The Balaban J connectivity index is 1.87. The fraction of sp³-hybridized carbons (Fsp3) is 0.250. The number of pyridine rings is 1. The highest BCUT2D eigenvalue weighted by Gasteiger charge is 2.15. The van der Waals surface area contributed by atoms with Gasteiger partial charge in [0.15, 0.2) is 5.69 Å². The van der Waals surface area contributed by atoms with Crippen LogP contribution < -0.4 is 5.73 Å². The van der Waals surface area contributed by atoms with E-state index in [1.165, 1.54) is 5.56 Å². The van der Waals surface area contributed by atoms with Gasteiger partial charge in [-0.2, -0.15) is 0 Å². The van der Waals surface area contributed by atoms with Crippen molar-refractivity contribution in [2.75, 3.05) is 19.3 Å². The summed E-state index contributed by atoms with van der Waals surface area (Å²) in [7, 11) is 1.78. The lowest BCUT2D eigenvalue weighted by Crippen LogP contribution is -2.29. The van der Waals surface area contributed by atoms with Gasteiger partial charge in [0.05, 0.1) is 5.69 Å². The highest BCUT2D eigenvalue weighted by molar-refractivity contribution is 5.96. The van der Waals surface area contributed by atoms with Crippen LogP contribution in [0.15, 0.2) is 48.7 Å². The summed E-state index contributed by atoms with van der Waals surface area (Å²) in [5.41, 5.74) is 7.80. The molecule has 1 amide bonds. The molecule has 104 valence electrons. The minimum Gasteiger partial charge on any atom is -0.397 e. The van der Waals surface area contributed by atoms with Crippen molar-refractivity contribution in [3.05, 3.63) is 59.9 Å². The van der Waals surface area contributed by atoms with E-state index in [1.807, 2.05) is 18.2 Å². The molecule has 4 heteroatoms. The largest absolute Gasteiger partial charge is 0.397 e. The highest BCUT2D eigenvalue weighted by Crippen LogP contribution is 2.10. The lowest BCUT2D eigenvalue weighted by Gasteiger charge is -2.17. The predicted molar refractivity (Wildman–Crippen MR) is 80.4 cm³/mol. The van der Waals surface area contributed by atoms with E-state index in [9.17, 15) is 4.79 Å². The maximum absolute atomic E-state index is 12.2. The van der Waals surface area contributed by atoms with Crippen LogP contribution in [-0.2, 0) is 6.42 Å². The van der Waals surface area contributed by atoms with Gasteiger partial charge in [0.1, 0.15) is 0 Å². The molecule has 2 rings (SSSR count). The normalized spacial score (nSPS) is 10.2. The summed E-state index contributed by atoms with van der Waals surface area (Å²) in [6, 6.07) is 13.7. The van der Waals surface area contributed by atoms with E-state index in [2.05, 4.69) is 17.1 Å². The standard InChI is InChI=1S/C16H19N3O/c1-19(12-6-9-13-7-3-2-4-8-13)16(20)15-14(17)10-5-11-18-15/h2-5,7-8,10-11H,6,9,12,17H2,1H3. The van der Waals surface area contributed by atoms with Crippen LogP contribution in [0.3, 0.4) is 0 Å². The van der Waals surface area contributed by atoms with Crippen molar-refractivity contribution < 1.29 is 4.79 Å². The molecule has 20 heavy (non-hydrogen) atoms. The summed E-state index contributed by atoms with van der Waals surface area (Å²) in [6.07, 6.45) is 3.45. The van der Waals surface area contributed by atoms with Crippen LogP contribution in [0.25, 0.3) is 0 Å². The lowest BCUT2D eigenvalue weighted by atomic mass is 10.1. The Morgan fingerprint density at radius 3 is 2.65 bits per heavy atom. The average Bonchev–Trinajstić information content (AvgIpc) is 2.48. The number of nitrogens with zero attached hydrogens (tertiary/aromatic N) is 2. The summed E-state index contributed by atoms with van der Waals surface area (Å²) in [5.74, 6) is -0.129. The Bertz CT molecular complexity index is 569. The third-order valence-corrected chi connectivity index (χ3v) is 3.19. The van der Waals surface area contributed by atoms with Gasteiger partial charge in [-0.15, -0.1) is 0 Å². The smallest absolute Gasteiger partial charge is 0.274 e. The summed E-state index contributed by atoms with van der Waals surface area (Å²) in [5, 5.41) is 0. The number of carbonyl (C=O) groups is 1. The number of aryl methyl sites for hydroxylation is 1. The highest BCUT2D eigenvalue weighted by atomic mass is 16.2. The predicted octanol–water partition coefficient (Wildman–Crippen LogP) is 2.37. The van der Waals surface area contributed by atoms with Crippen molar-refractivity contribution in [1.29, 1.82) is 0 Å². The Hall–Kier alpha value is -2.36. The maximum Gasteiger partial charge on any atom is 0.274 e. The van der Waals surface area contributed by atoms with Crippen molar-refractivity contribution in [1.82, 2.24) is 9.88 Å². The molecule has 1 aromatic heterocycles. The summed E-state index contributed by atoms with van der Waals surface area (Å²) < 4.78 is 0. The van der Waals surface area contributed by atoms with Crippen LogP contribution in [0.5, 0.6) is 0 Å². The minimum absolute atomic E-state index is 0.129. The van der Waals surface area contributed by atoms with E-state index in [-0.39, 0.29) is 5.91 Å². The molecule has 0 bridgehead atoms. The number of anilines is 1. The Morgan fingerprint density at radius 1 is 1.20 bits per heavy atom. The van der Waals surface area contributed by atoms with Gasteiger partial charge < -0.3 is 10.6 Å². The van der Waals surface area contributed by atoms with Crippen LogP contribution in [0.1, 0.15) is 22.5 Å². The number of carbonyl (C=O) groups excluding carboxylic acids is 1. The topological polar surface area (TPSA) is 59.2 Å². The third kappa shape index (κ3) is 3.57. The first-order valence-electron chi connectivity index (χ1n) is 6.68. The van der Waals surface area contributed by atoms with Gasteiger partial charge in [0, 0.05) is 19.8 Å². The van der Waals surface area contributed by atoms with E-state index < -0.39 is 0 Å². The van der Waals surface area contributed by atoms with E-state index in [4.69, 9.17) is 5.73 Å². The van der Waals surface area contributed by atoms with Crippen molar-refractivity contribution in [2.45, 2.75) is 12.8 Å². The zero-order chi connectivity index (χ0) is 14.4. The quantitative estimate of drug-likeness (QED) is 0.906. The molecule has 2 N–H and O–H groups in total. The van der Waals surface area contributed by atoms with E-state index in [0.29, 0.717) is 17.9 Å². The van der Waals surface area contributed by atoms with Crippen LogP contribution in [0, 0.1) is 0 Å². The number of rotatable bonds is 5. The SMILES string of the molecule is CN(CCCc1ccccc1)C(=O)c1ncccc1N. The van der Waals surface area contributed by atoms with Gasteiger partial charge in [-0.3, -0.25) is 4.79 Å². The minimum atomic E-state index is -0.129. The third-order valence-electron chi connectivity index (χ3n) is 3.19. The first-order valence-corrected chi connectivity index (χ1v) is 6.68. The molecule has 0 aliphatic heterocycles. The van der Waals surface area contributed by atoms with Gasteiger partial charge in [-0.05, 0) is 30.5 Å². The molecule has 0 fully saturated rings. The average molecular weight is 269 g/mol. The van der Waals surface area contributed by atoms with Crippen molar-refractivity contribution in [2.24, 2.45) is 0 Å². The van der Waals surface area contributed by atoms with Crippen LogP contribution in [-0.4, -0.2) is 29.4 Å². The van der Waals surface area contributed by atoms with Gasteiger partial charge in [-0.25, -0.2) is 4.98 Å². The number of benzene rings is 1. The van der Waals surface area contributed by atoms with E-state index in [0.717, 1.165) is 12.8 Å². The molecule has 0 saturated carbocycles. The molecule has 0 aliphatic carbocycles. The molecule has 4 nitrogen and oxygen atoms in total. The fourth-order valence-electron chi connectivity index (χ4n) is 2.04. The molecule has 0 saturated heterocycles. The summed E-state index contributed by atoms with van der Waals surface area (Å²) >= 11 is 0. The van der Waals surface area contributed by atoms with Gasteiger partial charge >= 0.3 is 0 Å². The summed E-state index contributed by atoms with van der Waals surface area (Å²) in [4.78, 5) is 17.9. The van der Waals surface area contributed by atoms with E-state index in [1.54, 1.807) is 30.3 Å². The van der Waals surface area contributed by atoms with Gasteiger partial charge in [0.2, 0.25) is 0 Å². The lowest BCUT2D eigenvalue weighted by molar-refractivity contribution is 0.0789. The number of nitrogen functional groups attached to an aromatic ring is 1. The molecule has 0 spiro atoms. The number of hydrogen-bond acceptors (Lipinski definition) is 3. The fourth-order valence-corrected chi connectivity index (χ4v) is 2.04. The van der Waals surface area contributed by atoms with Crippen molar-refractivity contribution >= 4 is 11.6 Å². The van der Waals surface area contributed by atoms with Crippen LogP contribution in [0.4, 0.5) is 5.69 Å². The Labute approximate surface area is 119 Å². The molecule has 0 atom stereocenters. The number of aromatic nitrogens is 1. The molecular formula is C16H19N3O. The summed E-state index contributed by atoms with van der Waals surface area (Å²) in [6.45, 7) is 0.684. The molecule has 1 heterocycles. The zero-order valence-corrected chi connectivity index (χ0v) is 11.6. The molecule has 2 aromatic rings. The second kappa shape index (κ2) is 6.70. The number of amides is 1. The zero-order valence-electron chi connectivity index (χ0n) is 11.6. The number of hydrogen-bond donors (Lipinski definition) is 1. The molecular weight excluding hydrogens is 250 g/mol. The monoisotopic (exact) mass is 269 g/mol. The van der Waals surface area contributed by atoms with Crippen LogP contribution >= 0.6 is 0 Å². The van der Waals surface area contributed by atoms with Crippen LogP contribution in [0.2, 0.25) is 0 Å².